The molecule has 0 amide bonds. The summed E-state index contributed by atoms with van der Waals surface area (Å²) >= 11 is 5.90. The minimum absolute atomic E-state index is 0.207. The third-order valence-electron chi connectivity index (χ3n) is 3.21. The van der Waals surface area contributed by atoms with Crippen LogP contribution in [0.3, 0.4) is 0 Å². The summed E-state index contributed by atoms with van der Waals surface area (Å²) in [6.45, 7) is 0. The van der Waals surface area contributed by atoms with Crippen LogP contribution in [0.25, 0.3) is 0 Å². The van der Waals surface area contributed by atoms with E-state index in [2.05, 4.69) is 15.3 Å². The van der Waals surface area contributed by atoms with E-state index in [1.165, 1.54) is 6.07 Å². The van der Waals surface area contributed by atoms with E-state index in [-0.39, 0.29) is 16.7 Å². The van der Waals surface area contributed by atoms with Crippen molar-refractivity contribution in [1.82, 2.24) is 9.97 Å². The SMILES string of the molecule is Fc1ccc(Nc2cc(Cl)nc(CC3CC3)n2)c(F)c1F. The standard InChI is InChI=1S/C14H11ClF3N3/c15-10-6-12(21-11(20-10)5-7-1-2-7)19-9-4-3-8(16)13(17)14(9)18/h3-4,6-7H,1-2,5H2,(H,19,20,21). The van der Waals surface area contributed by atoms with Gasteiger partial charge in [0, 0.05) is 12.5 Å². The first kappa shape index (κ1) is 14.1. The molecule has 0 atom stereocenters. The van der Waals surface area contributed by atoms with E-state index in [4.69, 9.17) is 11.6 Å². The molecule has 1 aromatic carbocycles. The Balaban J connectivity index is 1.87. The lowest BCUT2D eigenvalue weighted by Crippen LogP contribution is -2.04. The van der Waals surface area contributed by atoms with Crippen LogP contribution in [0.4, 0.5) is 24.7 Å². The molecule has 0 aliphatic heterocycles. The van der Waals surface area contributed by atoms with Crippen LogP contribution in [0.5, 0.6) is 0 Å². The normalized spacial score (nSPS) is 14.3. The zero-order valence-corrected chi connectivity index (χ0v) is 11.6. The number of nitrogens with one attached hydrogen (secondary N) is 1. The Morgan fingerprint density at radius 2 is 1.90 bits per heavy atom. The molecule has 2 aromatic rings. The highest BCUT2D eigenvalue weighted by atomic mass is 35.5. The molecule has 0 bridgehead atoms. The van der Waals surface area contributed by atoms with Gasteiger partial charge in [0.1, 0.15) is 16.8 Å². The average molecular weight is 314 g/mol. The lowest BCUT2D eigenvalue weighted by atomic mass is 10.2. The Labute approximate surface area is 124 Å². The van der Waals surface area contributed by atoms with E-state index in [9.17, 15) is 13.2 Å². The van der Waals surface area contributed by atoms with Crippen molar-refractivity contribution >= 4 is 23.1 Å². The molecular formula is C14H11ClF3N3. The third-order valence-corrected chi connectivity index (χ3v) is 3.40. The lowest BCUT2D eigenvalue weighted by Gasteiger charge is -2.09. The largest absolute Gasteiger partial charge is 0.338 e. The van der Waals surface area contributed by atoms with Gasteiger partial charge in [0.2, 0.25) is 0 Å². The smallest absolute Gasteiger partial charge is 0.196 e. The fraction of sp³-hybridized carbons (Fsp3) is 0.286. The van der Waals surface area contributed by atoms with Crippen molar-refractivity contribution < 1.29 is 13.2 Å². The van der Waals surface area contributed by atoms with Crippen LogP contribution < -0.4 is 5.32 Å². The molecule has 1 aliphatic carbocycles. The van der Waals surface area contributed by atoms with Crippen LogP contribution in [-0.2, 0) is 6.42 Å². The molecule has 0 unspecified atom stereocenters. The zero-order chi connectivity index (χ0) is 15.0. The molecule has 3 nitrogen and oxygen atoms in total. The molecule has 1 aliphatic rings. The molecule has 0 spiro atoms. The van der Waals surface area contributed by atoms with E-state index >= 15 is 0 Å². The van der Waals surface area contributed by atoms with Crippen molar-refractivity contribution in [3.8, 4) is 0 Å². The van der Waals surface area contributed by atoms with Gasteiger partial charge in [-0.15, -0.1) is 0 Å². The quantitative estimate of drug-likeness (QED) is 0.677. The van der Waals surface area contributed by atoms with E-state index in [1.807, 2.05) is 0 Å². The Hall–Kier alpha value is -1.82. The third kappa shape index (κ3) is 3.26. The molecular weight excluding hydrogens is 303 g/mol. The summed E-state index contributed by atoms with van der Waals surface area (Å²) in [6, 6.07) is 3.34. The molecule has 1 heterocycles. The van der Waals surface area contributed by atoms with Gasteiger partial charge in [0.15, 0.2) is 17.5 Å². The van der Waals surface area contributed by atoms with Crippen molar-refractivity contribution in [3.05, 3.63) is 46.6 Å². The number of hydrogen-bond donors (Lipinski definition) is 1. The predicted octanol–water partition coefficient (Wildman–Crippen LogP) is 4.24. The number of benzene rings is 1. The fourth-order valence-corrected chi connectivity index (χ4v) is 2.16. The van der Waals surface area contributed by atoms with Crippen LogP contribution in [0, 0.1) is 23.4 Å². The van der Waals surface area contributed by atoms with Crippen LogP contribution in [0.15, 0.2) is 18.2 Å². The number of anilines is 2. The number of halogens is 4. The first-order chi connectivity index (χ1) is 10.0. The second kappa shape index (κ2) is 5.52. The van der Waals surface area contributed by atoms with Gasteiger partial charge in [-0.3, -0.25) is 0 Å². The number of nitrogens with zero attached hydrogens (tertiary/aromatic N) is 2. The highest BCUT2D eigenvalue weighted by molar-refractivity contribution is 6.29. The van der Waals surface area contributed by atoms with Gasteiger partial charge in [-0.05, 0) is 30.9 Å². The van der Waals surface area contributed by atoms with Gasteiger partial charge in [0.05, 0.1) is 5.69 Å². The summed E-state index contributed by atoms with van der Waals surface area (Å²) in [7, 11) is 0. The van der Waals surface area contributed by atoms with E-state index in [0.29, 0.717) is 18.2 Å². The summed E-state index contributed by atoms with van der Waals surface area (Å²) < 4.78 is 39.7. The first-order valence-electron chi connectivity index (χ1n) is 6.47. The topological polar surface area (TPSA) is 37.8 Å². The maximum atomic E-state index is 13.6. The van der Waals surface area contributed by atoms with Crippen LogP contribution >= 0.6 is 11.6 Å². The van der Waals surface area contributed by atoms with Crippen molar-refractivity contribution in [2.75, 3.05) is 5.32 Å². The van der Waals surface area contributed by atoms with E-state index < -0.39 is 17.5 Å². The summed E-state index contributed by atoms with van der Waals surface area (Å²) in [4.78, 5) is 8.31. The molecule has 0 saturated heterocycles. The molecule has 1 N–H and O–H groups in total. The van der Waals surface area contributed by atoms with Crippen molar-refractivity contribution in [2.24, 2.45) is 5.92 Å². The molecule has 0 radical (unpaired) electrons. The Morgan fingerprint density at radius 3 is 2.62 bits per heavy atom. The van der Waals surface area contributed by atoms with Crippen LogP contribution in [0.1, 0.15) is 18.7 Å². The van der Waals surface area contributed by atoms with Gasteiger partial charge < -0.3 is 5.32 Å². The van der Waals surface area contributed by atoms with Gasteiger partial charge in [-0.1, -0.05) is 11.6 Å². The highest BCUT2D eigenvalue weighted by Crippen LogP contribution is 2.32. The van der Waals surface area contributed by atoms with Crippen LogP contribution in [0.2, 0.25) is 5.15 Å². The summed E-state index contributed by atoms with van der Waals surface area (Å²) in [5, 5.41) is 2.81. The average Bonchev–Trinajstić information content (AvgIpc) is 3.23. The Bertz CT molecular complexity index is 689. The first-order valence-corrected chi connectivity index (χ1v) is 6.84. The molecule has 3 rings (SSSR count). The highest BCUT2D eigenvalue weighted by Gasteiger charge is 2.23. The van der Waals surface area contributed by atoms with Crippen LogP contribution in [-0.4, -0.2) is 9.97 Å². The van der Waals surface area contributed by atoms with E-state index in [0.717, 1.165) is 25.0 Å². The molecule has 1 saturated carbocycles. The minimum Gasteiger partial charge on any atom is -0.338 e. The van der Waals surface area contributed by atoms with Gasteiger partial charge in [-0.25, -0.2) is 23.1 Å². The number of aromatic nitrogens is 2. The maximum absolute atomic E-state index is 13.6. The van der Waals surface area contributed by atoms with Gasteiger partial charge in [-0.2, -0.15) is 0 Å². The monoisotopic (exact) mass is 313 g/mol. The van der Waals surface area contributed by atoms with Crippen molar-refractivity contribution in [1.29, 1.82) is 0 Å². The molecule has 110 valence electrons. The molecule has 7 heteroatoms. The summed E-state index contributed by atoms with van der Waals surface area (Å²) in [6.07, 6.45) is 2.97. The lowest BCUT2D eigenvalue weighted by molar-refractivity contribution is 0.449. The van der Waals surface area contributed by atoms with Crippen molar-refractivity contribution in [2.45, 2.75) is 19.3 Å². The van der Waals surface area contributed by atoms with Gasteiger partial charge >= 0.3 is 0 Å². The van der Waals surface area contributed by atoms with Gasteiger partial charge in [0.25, 0.3) is 0 Å². The zero-order valence-electron chi connectivity index (χ0n) is 10.8. The van der Waals surface area contributed by atoms with Crippen molar-refractivity contribution in [3.63, 3.8) is 0 Å². The second-order valence-electron chi connectivity index (χ2n) is 4.99. The predicted molar refractivity (Wildman–Crippen MR) is 73.1 cm³/mol. The Kier molecular flexibility index (Phi) is 3.71. The van der Waals surface area contributed by atoms with E-state index in [1.54, 1.807) is 0 Å². The number of rotatable bonds is 4. The Morgan fingerprint density at radius 1 is 1.14 bits per heavy atom. The summed E-state index contributed by atoms with van der Waals surface area (Å²) in [5.41, 5.74) is -0.207. The second-order valence-corrected chi connectivity index (χ2v) is 5.37. The molecule has 1 fully saturated rings. The summed E-state index contributed by atoms with van der Waals surface area (Å²) in [5.74, 6) is -2.71. The molecule has 21 heavy (non-hydrogen) atoms. The molecule has 1 aromatic heterocycles. The minimum atomic E-state index is -1.53. The maximum Gasteiger partial charge on any atom is 0.196 e. The fourth-order valence-electron chi connectivity index (χ4n) is 1.96. The number of hydrogen-bond acceptors (Lipinski definition) is 3.